The van der Waals surface area contributed by atoms with Crippen molar-refractivity contribution >= 4 is 23.3 Å². The van der Waals surface area contributed by atoms with E-state index >= 15 is 0 Å². The predicted octanol–water partition coefficient (Wildman–Crippen LogP) is -4.12. The summed E-state index contributed by atoms with van der Waals surface area (Å²) in [6, 6.07) is 0. The molecule has 0 aromatic carbocycles. The first-order chi connectivity index (χ1) is 6.97. The van der Waals surface area contributed by atoms with Gasteiger partial charge in [0.05, 0.1) is 0 Å². The zero-order chi connectivity index (χ0) is 11.6. The molecule has 5 nitrogen and oxygen atoms in total. The molecule has 0 unspecified atom stereocenters. The molecular weight excluding hydrogens is 223 g/mol. The number of carbonyl (C=O) groups excluding carboxylic acids is 4. The first-order valence-electron chi connectivity index (χ1n) is 4.76. The average Bonchev–Trinajstić information content (AvgIpc) is 2.16. The number of carbonyl (C=O) groups is 4. The first-order valence-corrected chi connectivity index (χ1v) is 4.76. The second kappa shape index (κ2) is 6.27. The molecule has 1 rings (SSSR count). The van der Waals surface area contributed by atoms with Crippen LogP contribution < -0.4 is 34.7 Å². The van der Waals surface area contributed by atoms with Gasteiger partial charge in [-0.15, -0.1) is 0 Å². The third kappa shape index (κ3) is 3.23. The number of hydrogen-bond acceptors (Lipinski definition) is 5. The Kier molecular flexibility index (Phi) is 6.07. The minimum Gasteiger partial charge on any atom is -0.550 e. The zero-order valence-electron chi connectivity index (χ0n) is 9.32. The van der Waals surface area contributed by atoms with Gasteiger partial charge >= 0.3 is 29.6 Å². The van der Waals surface area contributed by atoms with Crippen molar-refractivity contribution in [2.24, 2.45) is 11.8 Å². The van der Waals surface area contributed by atoms with Crippen molar-refractivity contribution in [3.63, 3.8) is 0 Å². The molecule has 0 aromatic heterocycles. The van der Waals surface area contributed by atoms with E-state index in [-0.39, 0.29) is 48.8 Å². The van der Waals surface area contributed by atoms with E-state index < -0.39 is 35.2 Å². The van der Waals surface area contributed by atoms with Crippen LogP contribution in [-0.2, 0) is 19.2 Å². The van der Waals surface area contributed by atoms with E-state index in [1.807, 2.05) is 0 Å². The van der Waals surface area contributed by atoms with E-state index in [9.17, 15) is 24.3 Å². The standard InChI is InChI=1S/C10H12O5.Na/c1-2-6(11)9-7(12)3-5(10(14)15)4-8(9)13;/h5,9H,2-4H2,1H3,(H,14,15);/q;+1/p-1. The van der Waals surface area contributed by atoms with Gasteiger partial charge in [-0.25, -0.2) is 0 Å². The van der Waals surface area contributed by atoms with E-state index in [1.54, 1.807) is 6.92 Å². The summed E-state index contributed by atoms with van der Waals surface area (Å²) >= 11 is 0. The third-order valence-electron chi connectivity index (χ3n) is 2.54. The molecule has 6 heteroatoms. The molecule has 0 saturated heterocycles. The molecule has 82 valence electrons. The summed E-state index contributed by atoms with van der Waals surface area (Å²) in [6.07, 6.45) is -0.437. The number of hydrogen-bond donors (Lipinski definition) is 0. The minimum absolute atomic E-state index is 0. The molecule has 0 bridgehead atoms. The van der Waals surface area contributed by atoms with Crippen molar-refractivity contribution in [2.45, 2.75) is 26.2 Å². The summed E-state index contributed by atoms with van der Waals surface area (Å²) < 4.78 is 0. The Morgan fingerprint density at radius 1 is 1.25 bits per heavy atom. The summed E-state index contributed by atoms with van der Waals surface area (Å²) in [6.45, 7) is 1.56. The van der Waals surface area contributed by atoms with E-state index in [0.717, 1.165) is 0 Å². The van der Waals surface area contributed by atoms with E-state index in [0.29, 0.717) is 0 Å². The largest absolute Gasteiger partial charge is 1.00 e. The van der Waals surface area contributed by atoms with Gasteiger partial charge in [-0.2, -0.15) is 0 Å². The van der Waals surface area contributed by atoms with Crippen LogP contribution in [0.1, 0.15) is 26.2 Å². The molecule has 0 atom stereocenters. The fraction of sp³-hybridized carbons (Fsp3) is 0.600. The molecule has 0 radical (unpaired) electrons. The summed E-state index contributed by atoms with van der Waals surface area (Å²) in [5.41, 5.74) is 0. The Bertz CT molecular complexity index is 318. The Labute approximate surface area is 115 Å². The predicted molar refractivity (Wildman–Crippen MR) is 46.5 cm³/mol. The maximum Gasteiger partial charge on any atom is 1.00 e. The summed E-state index contributed by atoms with van der Waals surface area (Å²) in [4.78, 5) is 44.5. The maximum absolute atomic E-state index is 11.4. The second-order valence-corrected chi connectivity index (χ2v) is 3.61. The van der Waals surface area contributed by atoms with Gasteiger partial charge in [0.1, 0.15) is 5.92 Å². The van der Waals surface area contributed by atoms with Crippen LogP contribution in [0.25, 0.3) is 0 Å². The van der Waals surface area contributed by atoms with Crippen molar-refractivity contribution in [2.75, 3.05) is 0 Å². The van der Waals surface area contributed by atoms with E-state index in [1.165, 1.54) is 0 Å². The first kappa shape index (κ1) is 15.5. The molecule has 1 saturated carbocycles. The van der Waals surface area contributed by atoms with Gasteiger partial charge in [0.25, 0.3) is 0 Å². The molecule has 16 heavy (non-hydrogen) atoms. The van der Waals surface area contributed by atoms with Gasteiger partial charge in [-0.05, 0) is 0 Å². The molecule has 1 aliphatic carbocycles. The number of carboxylic acid groups (broad SMARTS) is 1. The van der Waals surface area contributed by atoms with Crippen LogP contribution in [0.15, 0.2) is 0 Å². The van der Waals surface area contributed by atoms with Crippen LogP contribution >= 0.6 is 0 Å². The van der Waals surface area contributed by atoms with E-state index in [4.69, 9.17) is 0 Å². The Balaban J connectivity index is 0.00000225. The summed E-state index contributed by atoms with van der Waals surface area (Å²) in [5.74, 6) is -5.31. The topological polar surface area (TPSA) is 91.3 Å². The third-order valence-corrected chi connectivity index (χ3v) is 2.54. The number of rotatable bonds is 3. The normalized spacial score (nSPS) is 24.8. The number of aliphatic carboxylic acids is 1. The van der Waals surface area contributed by atoms with Crippen LogP contribution in [0.5, 0.6) is 0 Å². The van der Waals surface area contributed by atoms with E-state index in [2.05, 4.69) is 0 Å². The SMILES string of the molecule is CCC(=O)C1C(=O)CC(C(=O)[O-])CC1=O.[Na+]. The molecule has 0 N–H and O–H groups in total. The van der Waals surface area contributed by atoms with Gasteiger partial charge in [-0.1, -0.05) is 6.92 Å². The van der Waals surface area contributed by atoms with Crippen LogP contribution in [0.4, 0.5) is 0 Å². The molecule has 0 aliphatic heterocycles. The number of Topliss-reactive ketones (excluding diaryl/α,β-unsaturated/α-hetero) is 3. The second-order valence-electron chi connectivity index (χ2n) is 3.61. The van der Waals surface area contributed by atoms with Gasteiger partial charge in [0, 0.05) is 31.1 Å². The van der Waals surface area contributed by atoms with Gasteiger partial charge in [0.2, 0.25) is 0 Å². The van der Waals surface area contributed by atoms with Crippen molar-refractivity contribution < 1.29 is 53.8 Å². The average molecular weight is 234 g/mol. The summed E-state index contributed by atoms with van der Waals surface area (Å²) in [5, 5.41) is 10.5. The Morgan fingerprint density at radius 3 is 2.00 bits per heavy atom. The Hall–Kier alpha value is -0.520. The fourth-order valence-corrected chi connectivity index (χ4v) is 1.70. The Morgan fingerprint density at radius 2 is 1.69 bits per heavy atom. The van der Waals surface area contributed by atoms with Crippen molar-refractivity contribution in [3.05, 3.63) is 0 Å². The fourth-order valence-electron chi connectivity index (χ4n) is 1.70. The molecular formula is C10H11NaO5. The van der Waals surface area contributed by atoms with Crippen LogP contribution in [0.3, 0.4) is 0 Å². The molecule has 0 spiro atoms. The zero-order valence-corrected chi connectivity index (χ0v) is 11.3. The molecule has 0 aromatic rings. The van der Waals surface area contributed by atoms with Crippen molar-refractivity contribution in [1.82, 2.24) is 0 Å². The monoisotopic (exact) mass is 234 g/mol. The smallest absolute Gasteiger partial charge is 0.550 e. The van der Waals surface area contributed by atoms with Crippen molar-refractivity contribution in [3.8, 4) is 0 Å². The van der Waals surface area contributed by atoms with Crippen LogP contribution in [0.2, 0.25) is 0 Å². The number of carboxylic acids is 1. The van der Waals surface area contributed by atoms with Gasteiger partial charge < -0.3 is 9.90 Å². The van der Waals surface area contributed by atoms with Gasteiger partial charge in [-0.3, -0.25) is 14.4 Å². The van der Waals surface area contributed by atoms with Crippen LogP contribution in [-0.4, -0.2) is 23.3 Å². The van der Waals surface area contributed by atoms with Gasteiger partial charge in [0.15, 0.2) is 17.3 Å². The summed E-state index contributed by atoms with van der Waals surface area (Å²) in [7, 11) is 0. The molecule has 0 heterocycles. The number of ketones is 3. The minimum atomic E-state index is -1.40. The maximum atomic E-state index is 11.4. The van der Waals surface area contributed by atoms with Crippen molar-refractivity contribution in [1.29, 1.82) is 0 Å². The van der Waals surface area contributed by atoms with Crippen LogP contribution in [0, 0.1) is 11.8 Å². The molecule has 1 aliphatic rings. The molecule has 0 amide bonds. The molecule has 1 fully saturated rings. The quantitative estimate of drug-likeness (QED) is 0.365.